The van der Waals surface area contributed by atoms with Gasteiger partial charge in [-0.05, 0) is 72.1 Å². The monoisotopic (exact) mass is 627 g/mol. The SMILES string of the molecule is COc1ccc(C2(c3ccc(OC)cc3)C=Cc3c(c4ccccc4c4c5ccccc5n(-c5ccc(C(F)(F)F)cc5)c34)O2)cc1. The number of benzene rings is 6. The van der Waals surface area contributed by atoms with Crippen LogP contribution in [-0.2, 0) is 11.8 Å². The van der Waals surface area contributed by atoms with E-state index in [2.05, 4.69) is 30.4 Å². The van der Waals surface area contributed by atoms with Gasteiger partial charge in [-0.1, -0.05) is 66.7 Å². The number of hydrogen-bond acceptors (Lipinski definition) is 3. The Balaban J connectivity index is 1.45. The molecule has 2 heterocycles. The Morgan fingerprint density at radius 3 is 1.77 bits per heavy atom. The summed E-state index contributed by atoms with van der Waals surface area (Å²) in [6.07, 6.45) is -0.291. The third kappa shape index (κ3) is 4.45. The number of nitrogens with zero attached hydrogens (tertiary/aromatic N) is 1. The van der Waals surface area contributed by atoms with Crippen molar-refractivity contribution in [3.63, 3.8) is 0 Å². The Morgan fingerprint density at radius 1 is 0.638 bits per heavy atom. The molecular weight excluding hydrogens is 599 g/mol. The van der Waals surface area contributed by atoms with Gasteiger partial charge in [-0.25, -0.2) is 0 Å². The molecule has 0 aliphatic carbocycles. The van der Waals surface area contributed by atoms with Crippen LogP contribution in [0.15, 0.2) is 127 Å². The number of halogens is 3. The van der Waals surface area contributed by atoms with Gasteiger partial charge in [0, 0.05) is 38.5 Å². The molecule has 6 aromatic carbocycles. The van der Waals surface area contributed by atoms with E-state index in [1.807, 2.05) is 83.4 Å². The van der Waals surface area contributed by atoms with Crippen molar-refractivity contribution in [2.45, 2.75) is 11.8 Å². The lowest BCUT2D eigenvalue weighted by atomic mass is 9.82. The zero-order chi connectivity index (χ0) is 32.3. The predicted molar refractivity (Wildman–Crippen MR) is 180 cm³/mol. The van der Waals surface area contributed by atoms with Crippen LogP contribution in [0.3, 0.4) is 0 Å². The van der Waals surface area contributed by atoms with E-state index in [1.165, 1.54) is 12.1 Å². The Labute approximate surface area is 268 Å². The molecule has 4 nitrogen and oxygen atoms in total. The van der Waals surface area contributed by atoms with Crippen molar-refractivity contribution < 1.29 is 27.4 Å². The second-order valence-corrected chi connectivity index (χ2v) is 11.5. The Morgan fingerprint density at radius 2 is 1.19 bits per heavy atom. The molecule has 232 valence electrons. The highest BCUT2D eigenvalue weighted by Gasteiger charge is 2.39. The highest BCUT2D eigenvalue weighted by molar-refractivity contribution is 6.25. The zero-order valence-corrected chi connectivity index (χ0v) is 25.5. The van der Waals surface area contributed by atoms with Crippen LogP contribution in [0.25, 0.3) is 44.3 Å². The average Bonchev–Trinajstić information content (AvgIpc) is 3.47. The average molecular weight is 628 g/mol. The number of rotatable bonds is 5. The third-order valence-electron chi connectivity index (χ3n) is 9.05. The summed E-state index contributed by atoms with van der Waals surface area (Å²) in [4.78, 5) is 0. The molecule has 0 fully saturated rings. The van der Waals surface area contributed by atoms with Gasteiger partial charge in [-0.15, -0.1) is 0 Å². The van der Waals surface area contributed by atoms with E-state index < -0.39 is 17.3 Å². The first-order valence-corrected chi connectivity index (χ1v) is 15.2. The number of methoxy groups -OCH3 is 2. The first-order valence-electron chi connectivity index (χ1n) is 15.2. The minimum absolute atomic E-state index is 0.622. The normalized spacial score (nSPS) is 13.9. The summed E-state index contributed by atoms with van der Waals surface area (Å²) in [5.41, 5.74) is 3.31. The summed E-state index contributed by atoms with van der Waals surface area (Å²) in [5, 5.41) is 3.92. The van der Waals surface area contributed by atoms with Crippen molar-refractivity contribution in [3.8, 4) is 22.9 Å². The van der Waals surface area contributed by atoms with Crippen molar-refractivity contribution in [1.29, 1.82) is 0 Å². The van der Waals surface area contributed by atoms with E-state index in [0.29, 0.717) is 11.4 Å². The summed E-state index contributed by atoms with van der Waals surface area (Å²) >= 11 is 0. The van der Waals surface area contributed by atoms with Crippen LogP contribution in [0.5, 0.6) is 17.2 Å². The van der Waals surface area contributed by atoms with Crippen LogP contribution in [-0.4, -0.2) is 18.8 Å². The smallest absolute Gasteiger partial charge is 0.416 e. The summed E-state index contributed by atoms with van der Waals surface area (Å²) in [7, 11) is 3.27. The molecule has 1 aliphatic heterocycles. The standard InChI is InChI=1S/C40H28F3NO3/c1-45-29-19-13-25(14-20-29)39(26-15-21-30(46-2)22-16-26)24-23-34-37-36(31-7-3-4-8-32(31)38(34)47-39)33-9-5-6-10-35(33)44(37)28-17-11-27(12-18-28)40(41,42)43/h3-24H,1-2H3. The number of hydrogen-bond donors (Lipinski definition) is 0. The first-order chi connectivity index (χ1) is 22.8. The lowest BCUT2D eigenvalue weighted by molar-refractivity contribution is -0.137. The summed E-state index contributed by atoms with van der Waals surface area (Å²) in [5.74, 6) is 2.14. The van der Waals surface area contributed by atoms with Crippen molar-refractivity contribution >= 4 is 38.7 Å². The van der Waals surface area contributed by atoms with E-state index in [-0.39, 0.29) is 0 Å². The van der Waals surface area contributed by atoms with Gasteiger partial charge < -0.3 is 18.8 Å². The molecule has 0 saturated heterocycles. The molecule has 0 N–H and O–H groups in total. The quantitative estimate of drug-likeness (QED) is 0.190. The van der Waals surface area contributed by atoms with Gasteiger partial charge in [0.1, 0.15) is 17.2 Å². The van der Waals surface area contributed by atoms with Crippen molar-refractivity contribution in [2.75, 3.05) is 14.2 Å². The Hall–Kier alpha value is -5.69. The lowest BCUT2D eigenvalue weighted by Gasteiger charge is -2.37. The Bertz CT molecular complexity index is 2270. The van der Waals surface area contributed by atoms with Crippen molar-refractivity contribution in [2.24, 2.45) is 0 Å². The zero-order valence-electron chi connectivity index (χ0n) is 25.5. The van der Waals surface area contributed by atoms with Crippen LogP contribution in [0, 0.1) is 0 Å². The van der Waals surface area contributed by atoms with Crippen LogP contribution in [0.2, 0.25) is 0 Å². The minimum atomic E-state index is -4.43. The van der Waals surface area contributed by atoms with Crippen molar-refractivity contribution in [1.82, 2.24) is 4.57 Å². The molecular formula is C40H28F3NO3. The van der Waals surface area contributed by atoms with E-state index >= 15 is 0 Å². The van der Waals surface area contributed by atoms with E-state index in [1.54, 1.807) is 14.2 Å². The summed E-state index contributed by atoms with van der Waals surface area (Å²) < 4.78 is 60.9. The largest absolute Gasteiger partial charge is 0.497 e. The highest BCUT2D eigenvalue weighted by atomic mass is 19.4. The van der Waals surface area contributed by atoms with Crippen LogP contribution >= 0.6 is 0 Å². The number of aromatic nitrogens is 1. The second kappa shape index (κ2) is 10.7. The van der Waals surface area contributed by atoms with Gasteiger partial charge in [0.2, 0.25) is 0 Å². The van der Waals surface area contributed by atoms with Gasteiger partial charge >= 0.3 is 6.18 Å². The molecule has 0 bridgehead atoms. The molecule has 0 unspecified atom stereocenters. The minimum Gasteiger partial charge on any atom is -0.497 e. The predicted octanol–water partition coefficient (Wildman–Crippen LogP) is 10.3. The van der Waals surface area contributed by atoms with Gasteiger partial charge in [-0.3, -0.25) is 0 Å². The molecule has 0 amide bonds. The first kappa shape index (κ1) is 28.8. The second-order valence-electron chi connectivity index (χ2n) is 11.5. The van der Waals surface area contributed by atoms with E-state index in [9.17, 15) is 13.2 Å². The van der Waals surface area contributed by atoms with Gasteiger partial charge in [-0.2, -0.15) is 13.2 Å². The fourth-order valence-electron chi connectivity index (χ4n) is 6.80. The molecule has 0 spiro atoms. The molecule has 0 saturated carbocycles. The molecule has 1 aliphatic rings. The number of alkyl halides is 3. The fraction of sp³-hybridized carbons (Fsp3) is 0.100. The van der Waals surface area contributed by atoms with Gasteiger partial charge in [0.05, 0.1) is 30.8 Å². The lowest BCUT2D eigenvalue weighted by Crippen LogP contribution is -2.34. The maximum absolute atomic E-state index is 13.6. The van der Waals surface area contributed by atoms with E-state index in [0.717, 1.165) is 72.9 Å². The molecule has 0 atom stereocenters. The van der Waals surface area contributed by atoms with Gasteiger partial charge in [0.15, 0.2) is 5.60 Å². The summed E-state index contributed by atoms with van der Waals surface area (Å²) in [6.45, 7) is 0. The number of para-hydroxylation sites is 1. The maximum Gasteiger partial charge on any atom is 0.416 e. The number of ether oxygens (including phenoxy) is 3. The highest BCUT2D eigenvalue weighted by Crippen LogP contribution is 2.51. The molecule has 1 aromatic heterocycles. The molecule has 8 rings (SSSR count). The topological polar surface area (TPSA) is 32.6 Å². The van der Waals surface area contributed by atoms with Crippen LogP contribution < -0.4 is 14.2 Å². The Kier molecular flexibility index (Phi) is 6.55. The molecule has 7 heteroatoms. The van der Waals surface area contributed by atoms with Crippen molar-refractivity contribution in [3.05, 3.63) is 150 Å². The summed E-state index contributed by atoms with van der Waals surface area (Å²) in [6, 6.07) is 37.1. The molecule has 7 aromatic rings. The third-order valence-corrected chi connectivity index (χ3v) is 9.05. The van der Waals surface area contributed by atoms with Crippen LogP contribution in [0.1, 0.15) is 22.3 Å². The maximum atomic E-state index is 13.6. The molecule has 47 heavy (non-hydrogen) atoms. The van der Waals surface area contributed by atoms with Gasteiger partial charge in [0.25, 0.3) is 0 Å². The number of fused-ring (bicyclic) bond motifs is 8. The molecule has 0 radical (unpaired) electrons. The fourth-order valence-corrected chi connectivity index (χ4v) is 6.80. The van der Waals surface area contributed by atoms with E-state index in [4.69, 9.17) is 14.2 Å². The van der Waals surface area contributed by atoms with Crippen LogP contribution in [0.4, 0.5) is 13.2 Å².